The number of pyridine rings is 1. The average molecular weight is 258 g/mol. The van der Waals surface area contributed by atoms with E-state index in [0.717, 1.165) is 5.56 Å². The van der Waals surface area contributed by atoms with E-state index in [1.54, 1.807) is 12.3 Å². The van der Waals surface area contributed by atoms with Crippen molar-refractivity contribution < 1.29 is 9.59 Å². The lowest BCUT2D eigenvalue weighted by molar-refractivity contribution is -0.136. The summed E-state index contributed by atoms with van der Waals surface area (Å²) in [7, 11) is 0. The number of ketones is 2. The largest absolute Gasteiger partial charge is 0.298 e. The van der Waals surface area contributed by atoms with E-state index in [4.69, 9.17) is 0 Å². The minimum Gasteiger partial charge on any atom is -0.298 e. The van der Waals surface area contributed by atoms with Crippen molar-refractivity contribution in [1.82, 2.24) is 4.98 Å². The molecule has 1 aromatic heterocycles. The third-order valence-corrected chi connectivity index (χ3v) is 3.25. The molecule has 0 aliphatic heterocycles. The van der Waals surface area contributed by atoms with Gasteiger partial charge in [0.2, 0.25) is 0 Å². The molecule has 19 heavy (non-hydrogen) atoms. The second kappa shape index (κ2) is 5.03. The van der Waals surface area contributed by atoms with Gasteiger partial charge in [0.1, 0.15) is 17.5 Å². The molecule has 1 aliphatic carbocycles. The quantitative estimate of drug-likeness (QED) is 0.605. The maximum Gasteiger partial charge on any atom is 0.151 e. The van der Waals surface area contributed by atoms with Crippen molar-refractivity contribution in [2.24, 2.45) is 16.3 Å². The minimum atomic E-state index is -0.698. The molecule has 0 saturated heterocycles. The highest BCUT2D eigenvalue weighted by molar-refractivity contribution is 6.16. The highest BCUT2D eigenvalue weighted by Gasteiger charge is 2.38. The Morgan fingerprint density at radius 1 is 1.26 bits per heavy atom. The van der Waals surface area contributed by atoms with Gasteiger partial charge in [0, 0.05) is 25.3 Å². The van der Waals surface area contributed by atoms with Gasteiger partial charge >= 0.3 is 0 Å². The summed E-state index contributed by atoms with van der Waals surface area (Å²) in [5.41, 5.74) is 0.825. The molecule has 0 unspecified atom stereocenters. The summed E-state index contributed by atoms with van der Waals surface area (Å²) >= 11 is 0. The molecule has 4 heteroatoms. The number of Topliss-reactive ketones (excluding diaryl/α,β-unsaturated/α-hetero) is 2. The first-order chi connectivity index (χ1) is 8.87. The molecule has 0 bridgehead atoms. The van der Waals surface area contributed by atoms with Crippen LogP contribution in [-0.2, 0) is 9.59 Å². The first-order valence-corrected chi connectivity index (χ1v) is 6.40. The summed E-state index contributed by atoms with van der Waals surface area (Å²) < 4.78 is 0. The van der Waals surface area contributed by atoms with Crippen molar-refractivity contribution in [3.63, 3.8) is 0 Å². The van der Waals surface area contributed by atoms with Crippen molar-refractivity contribution in [2.45, 2.75) is 33.6 Å². The van der Waals surface area contributed by atoms with E-state index in [1.807, 2.05) is 26.8 Å². The molecule has 0 radical (unpaired) electrons. The van der Waals surface area contributed by atoms with Crippen LogP contribution >= 0.6 is 0 Å². The molecule has 100 valence electrons. The summed E-state index contributed by atoms with van der Waals surface area (Å²) in [6, 6.07) is 3.67. The highest BCUT2D eigenvalue weighted by atomic mass is 16.2. The molecule has 0 aromatic carbocycles. The first kappa shape index (κ1) is 13.6. The van der Waals surface area contributed by atoms with Gasteiger partial charge in [-0.05, 0) is 24.0 Å². The van der Waals surface area contributed by atoms with E-state index < -0.39 is 5.92 Å². The fraction of sp³-hybridized carbons (Fsp3) is 0.467. The Bertz CT molecular complexity index is 510. The summed E-state index contributed by atoms with van der Waals surface area (Å²) in [6.07, 6.45) is 4.01. The standard InChI is InChI=1S/C15H18N2O2/c1-10-4-5-14(16-8-10)17-9-11-12(18)6-15(2,3)7-13(11)19/h4-5,8-9,11H,6-7H2,1-3H3. The number of nitrogens with zero attached hydrogens (tertiary/aromatic N) is 2. The second-order valence-electron chi connectivity index (χ2n) is 5.90. The van der Waals surface area contributed by atoms with Crippen LogP contribution in [0.3, 0.4) is 0 Å². The van der Waals surface area contributed by atoms with E-state index in [9.17, 15) is 9.59 Å². The fourth-order valence-corrected chi connectivity index (χ4v) is 2.26. The number of hydrogen-bond acceptors (Lipinski definition) is 4. The lowest BCUT2D eigenvalue weighted by Gasteiger charge is -2.30. The van der Waals surface area contributed by atoms with Crippen LogP contribution in [0.5, 0.6) is 0 Å². The van der Waals surface area contributed by atoms with Crippen molar-refractivity contribution in [2.75, 3.05) is 0 Å². The van der Waals surface area contributed by atoms with E-state index in [0.29, 0.717) is 18.7 Å². The topological polar surface area (TPSA) is 59.4 Å². The Balaban J connectivity index is 2.12. The zero-order valence-electron chi connectivity index (χ0n) is 11.5. The van der Waals surface area contributed by atoms with Gasteiger partial charge in [0.25, 0.3) is 0 Å². The minimum absolute atomic E-state index is 0.0443. The van der Waals surface area contributed by atoms with Crippen molar-refractivity contribution in [3.05, 3.63) is 23.9 Å². The molecule has 0 atom stereocenters. The molecule has 1 aromatic rings. The molecular formula is C15H18N2O2. The number of aromatic nitrogens is 1. The fourth-order valence-electron chi connectivity index (χ4n) is 2.26. The predicted molar refractivity (Wildman–Crippen MR) is 73.6 cm³/mol. The van der Waals surface area contributed by atoms with Crippen LogP contribution in [0.15, 0.2) is 23.3 Å². The van der Waals surface area contributed by atoms with Crippen LogP contribution in [0, 0.1) is 18.3 Å². The number of carbonyl (C=O) groups excluding carboxylic acids is 2. The molecule has 0 N–H and O–H groups in total. The van der Waals surface area contributed by atoms with Crippen molar-refractivity contribution in [3.8, 4) is 0 Å². The first-order valence-electron chi connectivity index (χ1n) is 6.40. The van der Waals surface area contributed by atoms with Crippen LogP contribution in [0.4, 0.5) is 5.82 Å². The van der Waals surface area contributed by atoms with Gasteiger partial charge < -0.3 is 0 Å². The Morgan fingerprint density at radius 3 is 2.42 bits per heavy atom. The SMILES string of the molecule is Cc1ccc(N=CC2C(=O)CC(C)(C)CC2=O)nc1. The third-order valence-electron chi connectivity index (χ3n) is 3.25. The predicted octanol–water partition coefficient (Wildman–Crippen LogP) is 2.67. The zero-order chi connectivity index (χ0) is 14.0. The maximum atomic E-state index is 12.0. The summed E-state index contributed by atoms with van der Waals surface area (Å²) in [5, 5.41) is 0. The lowest BCUT2D eigenvalue weighted by Crippen LogP contribution is -2.38. The van der Waals surface area contributed by atoms with Gasteiger partial charge in [-0.2, -0.15) is 0 Å². The average Bonchev–Trinajstić information content (AvgIpc) is 2.29. The van der Waals surface area contributed by atoms with Gasteiger partial charge in [0.05, 0.1) is 0 Å². The molecule has 1 fully saturated rings. The van der Waals surface area contributed by atoms with Crippen molar-refractivity contribution >= 4 is 23.6 Å². The molecule has 1 heterocycles. The summed E-state index contributed by atoms with van der Waals surface area (Å²) in [6.45, 7) is 5.83. The normalized spacial score (nSPS) is 20.2. The Labute approximate surface area is 113 Å². The number of hydrogen-bond donors (Lipinski definition) is 0. The number of aliphatic imine (C=N–C) groups is 1. The molecule has 2 rings (SSSR count). The molecule has 4 nitrogen and oxygen atoms in total. The van der Waals surface area contributed by atoms with E-state index in [-0.39, 0.29) is 17.0 Å². The van der Waals surface area contributed by atoms with Gasteiger partial charge in [-0.1, -0.05) is 19.9 Å². The maximum absolute atomic E-state index is 12.0. The van der Waals surface area contributed by atoms with E-state index >= 15 is 0 Å². The summed E-state index contributed by atoms with van der Waals surface area (Å²) in [5.74, 6) is -0.263. The molecule has 0 amide bonds. The van der Waals surface area contributed by atoms with Crippen LogP contribution in [0.2, 0.25) is 0 Å². The van der Waals surface area contributed by atoms with Gasteiger partial charge in [-0.15, -0.1) is 0 Å². The van der Waals surface area contributed by atoms with Crippen LogP contribution in [0.25, 0.3) is 0 Å². The van der Waals surface area contributed by atoms with E-state index in [2.05, 4.69) is 9.98 Å². The zero-order valence-corrected chi connectivity index (χ0v) is 11.5. The number of rotatable bonds is 2. The molecule has 1 saturated carbocycles. The van der Waals surface area contributed by atoms with E-state index in [1.165, 1.54) is 6.21 Å². The molecule has 1 aliphatic rings. The molecular weight excluding hydrogens is 240 g/mol. The summed E-state index contributed by atoms with van der Waals surface area (Å²) in [4.78, 5) is 32.2. The second-order valence-corrected chi connectivity index (χ2v) is 5.90. The van der Waals surface area contributed by atoms with Crippen LogP contribution in [-0.4, -0.2) is 22.8 Å². The number of aryl methyl sites for hydroxylation is 1. The Hall–Kier alpha value is -1.84. The number of carbonyl (C=O) groups is 2. The van der Waals surface area contributed by atoms with Gasteiger partial charge in [-0.3, -0.25) is 9.59 Å². The van der Waals surface area contributed by atoms with Gasteiger partial charge in [-0.25, -0.2) is 9.98 Å². The van der Waals surface area contributed by atoms with Crippen LogP contribution in [0.1, 0.15) is 32.3 Å². The van der Waals surface area contributed by atoms with Gasteiger partial charge in [0.15, 0.2) is 5.82 Å². The smallest absolute Gasteiger partial charge is 0.151 e. The molecule has 0 spiro atoms. The lowest BCUT2D eigenvalue weighted by atomic mass is 9.72. The monoisotopic (exact) mass is 258 g/mol. The third kappa shape index (κ3) is 3.34. The Morgan fingerprint density at radius 2 is 1.89 bits per heavy atom. The van der Waals surface area contributed by atoms with Crippen molar-refractivity contribution in [1.29, 1.82) is 0 Å². The highest BCUT2D eigenvalue weighted by Crippen LogP contribution is 2.33. The van der Waals surface area contributed by atoms with Crippen LogP contribution < -0.4 is 0 Å². The Kier molecular flexibility index (Phi) is 3.60.